The first-order valence-electron chi connectivity index (χ1n) is 11.4. The normalized spacial score (nSPS) is 18.0. The maximum atomic E-state index is 12.0. The summed E-state index contributed by atoms with van der Waals surface area (Å²) >= 11 is 0. The first-order chi connectivity index (χ1) is 14.6. The van der Waals surface area contributed by atoms with E-state index in [1.165, 1.54) is 0 Å². The molecule has 184 valence electrons. The smallest absolute Gasteiger partial charge is 0.225 e. The van der Waals surface area contributed by atoms with E-state index in [9.17, 15) is 13.2 Å². The summed E-state index contributed by atoms with van der Waals surface area (Å²) in [4.78, 5) is 14.1. The van der Waals surface area contributed by atoms with Gasteiger partial charge in [0, 0.05) is 38.2 Å². The standard InChI is InChI=1S/C22H41N5O4S/c1-20(2,3)19(28)23-10-8-22(6,7)31-13-9-21(4,5)27-17-18(24-25-27)16-26-11-14-32(29,30)15-12-26/h17H,8-16H2,1-7H3,(H,23,28). The molecule has 1 aliphatic rings. The minimum Gasteiger partial charge on any atom is -0.375 e. The van der Waals surface area contributed by atoms with Gasteiger partial charge in [-0.15, -0.1) is 5.10 Å². The maximum Gasteiger partial charge on any atom is 0.225 e. The second-order valence-corrected chi connectivity index (χ2v) is 13.3. The van der Waals surface area contributed by atoms with E-state index in [1.54, 1.807) is 0 Å². The fourth-order valence-corrected chi connectivity index (χ4v) is 4.59. The SMILES string of the molecule is CC(C)(CCNC(=O)C(C)(C)C)OCCC(C)(C)n1cc(CN2CCS(=O)(=O)CC2)nn1. The van der Waals surface area contributed by atoms with Crippen LogP contribution in [-0.4, -0.2) is 77.6 Å². The van der Waals surface area contributed by atoms with Crippen molar-refractivity contribution in [2.24, 2.45) is 5.41 Å². The average Bonchev–Trinajstić information content (AvgIpc) is 3.11. The summed E-state index contributed by atoms with van der Waals surface area (Å²) in [7, 11) is -2.88. The minimum absolute atomic E-state index is 0.0441. The third-order valence-electron chi connectivity index (χ3n) is 5.88. The summed E-state index contributed by atoms with van der Waals surface area (Å²) in [6, 6.07) is 0. The Labute approximate surface area is 193 Å². The number of aromatic nitrogens is 3. The molecule has 0 saturated carbocycles. The molecule has 1 fully saturated rings. The molecule has 1 amide bonds. The number of carbonyl (C=O) groups is 1. The van der Waals surface area contributed by atoms with Crippen molar-refractivity contribution in [3.63, 3.8) is 0 Å². The largest absolute Gasteiger partial charge is 0.375 e. The number of hydrogen-bond acceptors (Lipinski definition) is 7. The molecule has 1 aromatic heterocycles. The van der Waals surface area contributed by atoms with E-state index in [-0.39, 0.29) is 28.6 Å². The lowest BCUT2D eigenvalue weighted by molar-refractivity contribution is -0.128. The van der Waals surface area contributed by atoms with Gasteiger partial charge in [0.25, 0.3) is 0 Å². The van der Waals surface area contributed by atoms with Crippen molar-refractivity contribution in [1.82, 2.24) is 25.2 Å². The quantitative estimate of drug-likeness (QED) is 0.556. The second kappa shape index (κ2) is 10.2. The molecule has 10 heteroatoms. The molecule has 1 aliphatic heterocycles. The Bertz CT molecular complexity index is 857. The number of ether oxygens (including phenoxy) is 1. The molecule has 0 spiro atoms. The van der Waals surface area contributed by atoms with Gasteiger partial charge >= 0.3 is 0 Å². The predicted molar refractivity (Wildman–Crippen MR) is 125 cm³/mol. The van der Waals surface area contributed by atoms with Crippen LogP contribution in [0.25, 0.3) is 0 Å². The van der Waals surface area contributed by atoms with Gasteiger partial charge in [0.1, 0.15) is 0 Å². The lowest BCUT2D eigenvalue weighted by Gasteiger charge is -2.30. The van der Waals surface area contributed by atoms with Crippen LogP contribution in [0.15, 0.2) is 6.20 Å². The van der Waals surface area contributed by atoms with Crippen molar-refractivity contribution in [2.45, 2.75) is 79.0 Å². The number of carbonyl (C=O) groups excluding carboxylic acids is 1. The molecule has 0 aromatic carbocycles. The zero-order valence-corrected chi connectivity index (χ0v) is 21.6. The van der Waals surface area contributed by atoms with E-state index in [4.69, 9.17) is 4.74 Å². The number of hydrogen-bond donors (Lipinski definition) is 1. The topological polar surface area (TPSA) is 106 Å². The molecule has 0 unspecified atom stereocenters. The highest BCUT2D eigenvalue weighted by atomic mass is 32.2. The molecule has 1 saturated heterocycles. The monoisotopic (exact) mass is 471 g/mol. The fraction of sp³-hybridized carbons (Fsp3) is 0.864. The van der Waals surface area contributed by atoms with Gasteiger partial charge in [-0.2, -0.15) is 0 Å². The van der Waals surface area contributed by atoms with Gasteiger partial charge in [0.2, 0.25) is 5.91 Å². The molecule has 1 aromatic rings. The van der Waals surface area contributed by atoms with Crippen LogP contribution >= 0.6 is 0 Å². The maximum absolute atomic E-state index is 12.0. The van der Waals surface area contributed by atoms with Crippen molar-refractivity contribution < 1.29 is 17.9 Å². The van der Waals surface area contributed by atoms with Crippen LogP contribution in [-0.2, 0) is 31.5 Å². The van der Waals surface area contributed by atoms with E-state index in [0.717, 1.165) is 18.5 Å². The van der Waals surface area contributed by atoms with Crippen molar-refractivity contribution in [3.8, 4) is 0 Å². The third kappa shape index (κ3) is 8.44. The van der Waals surface area contributed by atoms with Gasteiger partial charge in [-0.1, -0.05) is 26.0 Å². The van der Waals surface area contributed by atoms with E-state index in [1.807, 2.05) is 45.5 Å². The van der Waals surface area contributed by atoms with E-state index in [2.05, 4.69) is 34.4 Å². The lowest BCUT2D eigenvalue weighted by atomic mass is 9.95. The van der Waals surface area contributed by atoms with Crippen LogP contribution in [0.3, 0.4) is 0 Å². The van der Waals surface area contributed by atoms with Crippen LogP contribution in [0.1, 0.15) is 67.0 Å². The predicted octanol–water partition coefficient (Wildman–Crippen LogP) is 1.98. The average molecular weight is 472 g/mol. The van der Waals surface area contributed by atoms with Crippen LogP contribution in [0, 0.1) is 5.41 Å². The van der Waals surface area contributed by atoms with Crippen molar-refractivity contribution >= 4 is 15.7 Å². The molecule has 2 rings (SSSR count). The van der Waals surface area contributed by atoms with Gasteiger partial charge in [-0.3, -0.25) is 9.69 Å². The van der Waals surface area contributed by atoms with Crippen molar-refractivity contribution in [1.29, 1.82) is 0 Å². The Morgan fingerprint density at radius 3 is 2.31 bits per heavy atom. The van der Waals surface area contributed by atoms with Gasteiger partial charge in [-0.25, -0.2) is 13.1 Å². The molecule has 0 bridgehead atoms. The fourth-order valence-electron chi connectivity index (χ4n) is 3.31. The van der Waals surface area contributed by atoms with Gasteiger partial charge in [0.05, 0.1) is 34.5 Å². The Kier molecular flexibility index (Phi) is 8.50. The molecule has 32 heavy (non-hydrogen) atoms. The number of amides is 1. The van der Waals surface area contributed by atoms with Crippen LogP contribution in [0.5, 0.6) is 0 Å². The molecule has 1 N–H and O–H groups in total. The molecule has 0 radical (unpaired) electrons. The summed E-state index contributed by atoms with van der Waals surface area (Å²) < 4.78 is 31.2. The summed E-state index contributed by atoms with van der Waals surface area (Å²) in [5.41, 5.74) is -0.165. The summed E-state index contributed by atoms with van der Waals surface area (Å²) in [6.07, 6.45) is 3.43. The molecular formula is C22H41N5O4S. The molecule has 2 heterocycles. The van der Waals surface area contributed by atoms with E-state index in [0.29, 0.717) is 32.8 Å². The van der Waals surface area contributed by atoms with Crippen molar-refractivity contribution in [2.75, 3.05) is 37.7 Å². The van der Waals surface area contributed by atoms with Gasteiger partial charge < -0.3 is 10.1 Å². The second-order valence-electron chi connectivity index (χ2n) is 11.0. The van der Waals surface area contributed by atoms with Gasteiger partial charge in [0.15, 0.2) is 9.84 Å². The number of nitrogens with zero attached hydrogens (tertiary/aromatic N) is 4. The molecular weight excluding hydrogens is 430 g/mol. The minimum atomic E-state index is -2.88. The summed E-state index contributed by atoms with van der Waals surface area (Å²) in [6.45, 7) is 16.8. The zero-order valence-electron chi connectivity index (χ0n) is 20.8. The number of nitrogens with one attached hydrogen (secondary N) is 1. The highest BCUT2D eigenvalue weighted by Gasteiger charge is 2.27. The van der Waals surface area contributed by atoms with E-state index >= 15 is 0 Å². The number of sulfone groups is 1. The molecule has 0 aliphatic carbocycles. The lowest BCUT2D eigenvalue weighted by Crippen LogP contribution is -2.39. The Balaban J connectivity index is 1.78. The van der Waals surface area contributed by atoms with Gasteiger partial charge in [-0.05, 0) is 40.5 Å². The summed E-state index contributed by atoms with van der Waals surface area (Å²) in [5, 5.41) is 11.6. The molecule has 0 atom stereocenters. The van der Waals surface area contributed by atoms with Crippen LogP contribution in [0.4, 0.5) is 0 Å². The van der Waals surface area contributed by atoms with E-state index < -0.39 is 15.3 Å². The highest BCUT2D eigenvalue weighted by Crippen LogP contribution is 2.22. The first kappa shape index (κ1) is 26.7. The Morgan fingerprint density at radius 2 is 1.72 bits per heavy atom. The third-order valence-corrected chi connectivity index (χ3v) is 7.49. The van der Waals surface area contributed by atoms with Crippen LogP contribution < -0.4 is 5.32 Å². The zero-order chi connectivity index (χ0) is 24.2. The summed E-state index contributed by atoms with van der Waals surface area (Å²) in [5.74, 6) is 0.460. The van der Waals surface area contributed by atoms with Crippen LogP contribution in [0.2, 0.25) is 0 Å². The molecule has 9 nitrogen and oxygen atoms in total. The Hall–Kier alpha value is -1.52. The number of rotatable bonds is 10. The first-order valence-corrected chi connectivity index (χ1v) is 13.2. The highest BCUT2D eigenvalue weighted by molar-refractivity contribution is 7.91. The Morgan fingerprint density at radius 1 is 1.09 bits per heavy atom. The van der Waals surface area contributed by atoms with Crippen molar-refractivity contribution in [3.05, 3.63) is 11.9 Å².